The number of halogens is 1. The van der Waals surface area contributed by atoms with Gasteiger partial charge in [-0.05, 0) is 12.8 Å². The highest BCUT2D eigenvalue weighted by Crippen LogP contribution is 2.28. The second kappa shape index (κ2) is 21.4. The van der Waals surface area contributed by atoms with Crippen molar-refractivity contribution in [3.8, 4) is 0 Å². The average Bonchev–Trinajstić information content (AvgIpc) is 3.36. The molecule has 2 heterocycles. The predicted octanol–water partition coefficient (Wildman–Crippen LogP) is 6.82. The summed E-state index contributed by atoms with van der Waals surface area (Å²) in [6.45, 7) is 4.17. The minimum absolute atomic E-state index is 0.0415. The second-order valence-electron chi connectivity index (χ2n) is 12.0. The number of aliphatic hydroxyl groups excluding tert-OH is 1. The highest BCUT2D eigenvalue weighted by molar-refractivity contribution is 5.78. The molecule has 9 nitrogen and oxygen atoms in total. The first-order chi connectivity index (χ1) is 20.8. The fourth-order valence-electron chi connectivity index (χ4n) is 5.53. The molecule has 1 aromatic heterocycles. The molecule has 2 rings (SSSR count). The van der Waals surface area contributed by atoms with E-state index >= 15 is 0 Å². The molecule has 0 saturated carbocycles. The zero-order valence-electron chi connectivity index (χ0n) is 26.5. The number of ether oxygens (including phenoxy) is 2. The molecule has 1 aromatic rings. The van der Waals surface area contributed by atoms with Gasteiger partial charge in [0.25, 0.3) is 5.56 Å². The lowest BCUT2D eigenvalue weighted by molar-refractivity contribution is -0.150. The van der Waals surface area contributed by atoms with Gasteiger partial charge in [-0.1, -0.05) is 117 Å². The number of hydrogen-bond acceptors (Lipinski definition) is 7. The van der Waals surface area contributed by atoms with E-state index in [0.717, 1.165) is 49.5 Å². The van der Waals surface area contributed by atoms with Crippen LogP contribution in [0.15, 0.2) is 15.8 Å². The smallest absolute Gasteiger partial charge is 0.340 e. The van der Waals surface area contributed by atoms with Crippen molar-refractivity contribution in [1.29, 1.82) is 0 Å². The van der Waals surface area contributed by atoms with Crippen LogP contribution in [0, 0.1) is 5.82 Å². The first-order valence-electron chi connectivity index (χ1n) is 16.9. The van der Waals surface area contributed by atoms with Crippen LogP contribution >= 0.6 is 0 Å². The second-order valence-corrected chi connectivity index (χ2v) is 12.0. The Morgan fingerprint density at radius 3 is 1.86 bits per heavy atom. The van der Waals surface area contributed by atoms with Gasteiger partial charge >= 0.3 is 11.7 Å². The molecule has 1 saturated heterocycles. The Bertz CT molecular complexity index is 1070. The van der Waals surface area contributed by atoms with Gasteiger partial charge in [0, 0.05) is 19.3 Å². The number of hydrogen-bond donors (Lipinski definition) is 1. The van der Waals surface area contributed by atoms with Gasteiger partial charge in [-0.2, -0.15) is 8.96 Å². The maximum absolute atomic E-state index is 14.5. The summed E-state index contributed by atoms with van der Waals surface area (Å²) in [5.41, 5.74) is -2.30. The fraction of sp³-hybridized carbons (Fsp3) is 0.818. The summed E-state index contributed by atoms with van der Waals surface area (Å²) in [5.74, 6) is -2.40. The summed E-state index contributed by atoms with van der Waals surface area (Å²) in [7, 11) is 0. The molecule has 1 N–H and O–H groups in total. The molecular formula is C33H55FN2O7. The Labute approximate surface area is 256 Å². The van der Waals surface area contributed by atoms with E-state index in [-0.39, 0.29) is 31.8 Å². The molecule has 43 heavy (non-hydrogen) atoms. The Kier molecular flexibility index (Phi) is 18.3. The number of rotatable bonds is 23. The van der Waals surface area contributed by atoms with Crippen LogP contribution in [0.5, 0.6) is 0 Å². The van der Waals surface area contributed by atoms with Crippen molar-refractivity contribution in [2.45, 2.75) is 167 Å². The summed E-state index contributed by atoms with van der Waals surface area (Å²) < 4.78 is 26.7. The largest absolute Gasteiger partial charge is 0.463 e. The normalized spacial score (nSPS) is 18.3. The maximum atomic E-state index is 14.5. The number of aliphatic hydroxyl groups is 1. The van der Waals surface area contributed by atoms with E-state index in [9.17, 15) is 28.7 Å². The molecule has 0 aromatic carbocycles. The fourth-order valence-corrected chi connectivity index (χ4v) is 5.53. The van der Waals surface area contributed by atoms with Gasteiger partial charge in [0.15, 0.2) is 0 Å². The zero-order chi connectivity index (χ0) is 31.5. The third kappa shape index (κ3) is 13.5. The van der Waals surface area contributed by atoms with Crippen molar-refractivity contribution in [1.82, 2.24) is 9.13 Å². The molecule has 0 spiro atoms. The van der Waals surface area contributed by atoms with Gasteiger partial charge in [-0.3, -0.25) is 19.0 Å². The number of carbonyl (C=O) groups is 2. The van der Waals surface area contributed by atoms with Gasteiger partial charge in [0.1, 0.15) is 18.9 Å². The van der Waals surface area contributed by atoms with Gasteiger partial charge in [0.2, 0.25) is 11.7 Å². The van der Waals surface area contributed by atoms with E-state index in [4.69, 9.17) is 9.47 Å². The van der Waals surface area contributed by atoms with Gasteiger partial charge in [0.05, 0.1) is 12.3 Å². The summed E-state index contributed by atoms with van der Waals surface area (Å²) in [6.07, 6.45) is 17.3. The van der Waals surface area contributed by atoms with E-state index in [0.29, 0.717) is 17.2 Å². The van der Waals surface area contributed by atoms with Crippen molar-refractivity contribution in [2.24, 2.45) is 0 Å². The molecule has 1 aliphatic heterocycles. The molecule has 0 radical (unpaired) electrons. The Morgan fingerprint density at radius 2 is 1.33 bits per heavy atom. The van der Waals surface area contributed by atoms with E-state index < -0.39 is 41.4 Å². The van der Waals surface area contributed by atoms with Crippen LogP contribution in [0.2, 0.25) is 0 Å². The number of aromatic nitrogens is 2. The van der Waals surface area contributed by atoms with Crippen LogP contribution < -0.4 is 11.2 Å². The molecule has 0 bridgehead atoms. The third-order valence-corrected chi connectivity index (χ3v) is 8.22. The zero-order valence-corrected chi connectivity index (χ0v) is 26.5. The lowest BCUT2D eigenvalue weighted by atomic mass is 10.1. The van der Waals surface area contributed by atoms with Crippen LogP contribution in [0.3, 0.4) is 0 Å². The van der Waals surface area contributed by atoms with Gasteiger partial charge in [-0.25, -0.2) is 4.79 Å². The summed E-state index contributed by atoms with van der Waals surface area (Å²) >= 11 is 0. The quantitative estimate of drug-likeness (QED) is 0.107. The van der Waals surface area contributed by atoms with Crippen LogP contribution in [-0.2, 0) is 14.3 Å². The highest BCUT2D eigenvalue weighted by atomic mass is 19.1. The molecule has 0 amide bonds. The highest BCUT2D eigenvalue weighted by Gasteiger charge is 2.37. The lowest BCUT2D eigenvalue weighted by Crippen LogP contribution is -2.45. The van der Waals surface area contributed by atoms with Crippen molar-refractivity contribution < 1.29 is 28.6 Å². The molecular weight excluding hydrogens is 555 g/mol. The molecule has 1 aliphatic rings. The number of unbranched alkanes of at least 4 members (excludes halogenated alkanes) is 16. The number of nitrogens with zero attached hydrogens (tertiary/aromatic N) is 2. The first kappa shape index (κ1) is 36.9. The Hall–Kier alpha value is -2.33. The van der Waals surface area contributed by atoms with Crippen molar-refractivity contribution in [2.75, 3.05) is 6.61 Å². The molecule has 246 valence electrons. The van der Waals surface area contributed by atoms with Crippen molar-refractivity contribution in [3.05, 3.63) is 32.9 Å². The molecule has 0 aliphatic carbocycles. The minimum Gasteiger partial charge on any atom is -0.463 e. The average molecular weight is 611 g/mol. The Morgan fingerprint density at radius 1 is 0.837 bits per heavy atom. The summed E-state index contributed by atoms with van der Waals surface area (Å²) in [6, 6.07) is 0. The third-order valence-electron chi connectivity index (χ3n) is 8.22. The monoisotopic (exact) mass is 610 g/mol. The van der Waals surface area contributed by atoms with E-state index in [1.54, 1.807) is 0 Å². The molecule has 3 atom stereocenters. The van der Waals surface area contributed by atoms with E-state index in [1.165, 1.54) is 64.2 Å². The van der Waals surface area contributed by atoms with Crippen LogP contribution in [0.1, 0.15) is 160 Å². The lowest BCUT2D eigenvalue weighted by Gasteiger charge is -2.17. The number of esters is 1. The summed E-state index contributed by atoms with van der Waals surface area (Å²) in [5, 5.41) is 10.5. The standard InChI is InChI=1S/C33H55FN2O7/c1-3-5-7-9-11-13-15-17-19-21-29(38)36-32(40)26(34)24-35(33(36)41)30-23-27(37)28(43-30)25-42-31(39)22-20-18-16-14-12-10-8-6-4-2/h24,27-28,30,37H,3-23,25H2,1-2H3/t27?,28-,30-/m0/s1. The Balaban J connectivity index is 1.79. The van der Waals surface area contributed by atoms with Crippen molar-refractivity contribution >= 4 is 11.9 Å². The number of carbonyl (C=O) groups excluding carboxylic acids is 2. The summed E-state index contributed by atoms with van der Waals surface area (Å²) in [4.78, 5) is 50.4. The van der Waals surface area contributed by atoms with Gasteiger partial charge < -0.3 is 14.6 Å². The predicted molar refractivity (Wildman–Crippen MR) is 165 cm³/mol. The van der Waals surface area contributed by atoms with Gasteiger partial charge in [-0.15, -0.1) is 0 Å². The first-order valence-corrected chi connectivity index (χ1v) is 16.9. The molecule has 1 unspecified atom stereocenters. The maximum Gasteiger partial charge on any atom is 0.340 e. The van der Waals surface area contributed by atoms with E-state index in [1.807, 2.05) is 0 Å². The van der Waals surface area contributed by atoms with Crippen LogP contribution in [0.25, 0.3) is 0 Å². The molecule has 10 heteroatoms. The molecule has 1 fully saturated rings. The van der Waals surface area contributed by atoms with Crippen LogP contribution in [-0.4, -0.2) is 44.9 Å². The van der Waals surface area contributed by atoms with Crippen LogP contribution in [0.4, 0.5) is 4.39 Å². The van der Waals surface area contributed by atoms with Crippen molar-refractivity contribution in [3.63, 3.8) is 0 Å². The minimum atomic E-state index is -1.29. The van der Waals surface area contributed by atoms with E-state index in [2.05, 4.69) is 13.8 Å². The topological polar surface area (TPSA) is 117 Å². The SMILES string of the molecule is CCCCCCCCCCCC(=O)OC[C@@H]1O[C@H](n2cc(F)c(=O)n(C(=O)CCCCCCCCCCC)c2=O)CC1O.